The zero-order valence-electron chi connectivity index (χ0n) is 17.7. The van der Waals surface area contributed by atoms with Crippen LogP contribution in [0.1, 0.15) is 0 Å². The van der Waals surface area contributed by atoms with E-state index in [9.17, 15) is 0 Å². The standard InChI is InChI=1S/C20H38N4O5/c1-9-25-10-2-21(1)19(22-3-11-26-12-4-22)17-29-18-20(23-5-13-27-14-6-23)24-7-15-28-16-8-24/h19-20H,1-18H2. The molecule has 0 N–H and O–H groups in total. The number of hydrogen-bond donors (Lipinski definition) is 0. The van der Waals surface area contributed by atoms with Crippen LogP contribution in [0.25, 0.3) is 0 Å². The van der Waals surface area contributed by atoms with Gasteiger partial charge in [0.05, 0.1) is 78.4 Å². The molecule has 0 aromatic carbocycles. The predicted molar refractivity (Wildman–Crippen MR) is 108 cm³/mol. The van der Waals surface area contributed by atoms with Gasteiger partial charge in [-0.3, -0.25) is 19.6 Å². The highest BCUT2D eigenvalue weighted by Crippen LogP contribution is 2.15. The van der Waals surface area contributed by atoms with Crippen LogP contribution in [0.15, 0.2) is 0 Å². The van der Waals surface area contributed by atoms with E-state index in [1.165, 1.54) is 0 Å². The molecule has 4 saturated heterocycles. The molecule has 4 heterocycles. The fourth-order valence-electron chi connectivity index (χ4n) is 4.66. The number of hydrogen-bond acceptors (Lipinski definition) is 9. The average molecular weight is 415 g/mol. The maximum Gasteiger partial charge on any atom is 0.0867 e. The Morgan fingerprint density at radius 2 is 0.690 bits per heavy atom. The van der Waals surface area contributed by atoms with Gasteiger partial charge in [-0.05, 0) is 0 Å². The van der Waals surface area contributed by atoms with Crippen molar-refractivity contribution in [3.63, 3.8) is 0 Å². The minimum Gasteiger partial charge on any atom is -0.379 e. The van der Waals surface area contributed by atoms with Crippen molar-refractivity contribution < 1.29 is 23.7 Å². The summed E-state index contributed by atoms with van der Waals surface area (Å²) in [5, 5.41) is 0. The second-order valence-corrected chi connectivity index (χ2v) is 8.09. The summed E-state index contributed by atoms with van der Waals surface area (Å²) in [4.78, 5) is 10.1. The molecule has 9 heteroatoms. The lowest BCUT2D eigenvalue weighted by molar-refractivity contribution is -0.120. The fourth-order valence-corrected chi connectivity index (χ4v) is 4.66. The molecule has 0 amide bonds. The summed E-state index contributed by atoms with van der Waals surface area (Å²) in [5.74, 6) is 0. The lowest BCUT2D eigenvalue weighted by atomic mass is 10.2. The third kappa shape index (κ3) is 6.32. The number of ether oxygens (including phenoxy) is 5. The van der Waals surface area contributed by atoms with Crippen molar-refractivity contribution >= 4 is 0 Å². The Bertz CT molecular complexity index is 374. The molecule has 0 unspecified atom stereocenters. The molecule has 4 rings (SSSR count). The molecule has 4 fully saturated rings. The second-order valence-electron chi connectivity index (χ2n) is 8.09. The van der Waals surface area contributed by atoms with Crippen molar-refractivity contribution in [3.05, 3.63) is 0 Å². The first-order chi connectivity index (χ1) is 14.4. The molecule has 0 aromatic rings. The van der Waals surface area contributed by atoms with E-state index >= 15 is 0 Å². The molecule has 168 valence electrons. The van der Waals surface area contributed by atoms with Crippen molar-refractivity contribution in [3.8, 4) is 0 Å². The predicted octanol–water partition coefficient (Wildman–Crippen LogP) is -1.02. The summed E-state index contributed by atoms with van der Waals surface area (Å²) in [6.45, 7) is 15.7. The Hall–Kier alpha value is -0.360. The summed E-state index contributed by atoms with van der Waals surface area (Å²) in [6.07, 6.45) is 0.607. The van der Waals surface area contributed by atoms with Crippen LogP contribution in [-0.2, 0) is 23.7 Å². The summed E-state index contributed by atoms with van der Waals surface area (Å²) < 4.78 is 28.7. The quantitative estimate of drug-likeness (QED) is 0.497. The molecule has 4 aliphatic heterocycles. The lowest BCUT2D eigenvalue weighted by Crippen LogP contribution is -2.59. The van der Waals surface area contributed by atoms with Gasteiger partial charge in [0.15, 0.2) is 0 Å². The molecular formula is C20H38N4O5. The van der Waals surface area contributed by atoms with Gasteiger partial charge < -0.3 is 23.7 Å². The zero-order valence-corrected chi connectivity index (χ0v) is 17.7. The van der Waals surface area contributed by atoms with Gasteiger partial charge in [-0.25, -0.2) is 0 Å². The third-order valence-electron chi connectivity index (χ3n) is 6.40. The Kier molecular flexibility index (Phi) is 8.95. The van der Waals surface area contributed by atoms with E-state index in [2.05, 4.69) is 19.6 Å². The normalized spacial score (nSPS) is 27.1. The van der Waals surface area contributed by atoms with Gasteiger partial charge >= 0.3 is 0 Å². The SMILES string of the molecule is C1CN(C(COCC(N2CCOCC2)N2CCOCC2)N2CCOCC2)CCO1. The van der Waals surface area contributed by atoms with Gasteiger partial charge in [-0.15, -0.1) is 0 Å². The highest BCUT2D eigenvalue weighted by molar-refractivity contribution is 4.80. The Morgan fingerprint density at radius 1 is 0.448 bits per heavy atom. The van der Waals surface area contributed by atoms with Crippen molar-refractivity contribution in [2.24, 2.45) is 0 Å². The van der Waals surface area contributed by atoms with Crippen LogP contribution in [0.3, 0.4) is 0 Å². The maximum atomic E-state index is 6.44. The van der Waals surface area contributed by atoms with E-state index in [1.54, 1.807) is 0 Å². The zero-order chi connectivity index (χ0) is 19.7. The Labute approximate surface area is 174 Å². The van der Waals surface area contributed by atoms with E-state index in [-0.39, 0.29) is 0 Å². The maximum absolute atomic E-state index is 6.44. The number of nitrogens with zero attached hydrogens (tertiary/aromatic N) is 4. The lowest BCUT2D eigenvalue weighted by Gasteiger charge is -2.44. The largest absolute Gasteiger partial charge is 0.379 e. The average Bonchev–Trinajstić information content (AvgIpc) is 2.81. The van der Waals surface area contributed by atoms with Crippen LogP contribution in [0.5, 0.6) is 0 Å². The summed E-state index contributed by atoms with van der Waals surface area (Å²) in [7, 11) is 0. The number of rotatable bonds is 8. The van der Waals surface area contributed by atoms with E-state index in [0.29, 0.717) is 12.3 Å². The molecule has 4 aliphatic rings. The monoisotopic (exact) mass is 414 g/mol. The van der Waals surface area contributed by atoms with E-state index in [1.807, 2.05) is 0 Å². The molecular weight excluding hydrogens is 376 g/mol. The first-order valence-electron chi connectivity index (χ1n) is 11.3. The Balaban J connectivity index is 1.34. The summed E-state index contributed by atoms with van der Waals surface area (Å²) in [6, 6.07) is 0. The molecule has 29 heavy (non-hydrogen) atoms. The molecule has 0 radical (unpaired) electrons. The minimum absolute atomic E-state index is 0.304. The van der Waals surface area contributed by atoms with Gasteiger partial charge in [-0.2, -0.15) is 0 Å². The van der Waals surface area contributed by atoms with Gasteiger partial charge in [0.2, 0.25) is 0 Å². The molecule has 9 nitrogen and oxygen atoms in total. The van der Waals surface area contributed by atoms with Crippen LogP contribution >= 0.6 is 0 Å². The van der Waals surface area contributed by atoms with Crippen LogP contribution in [0, 0.1) is 0 Å². The van der Waals surface area contributed by atoms with Crippen LogP contribution in [0.2, 0.25) is 0 Å². The van der Waals surface area contributed by atoms with E-state index in [4.69, 9.17) is 23.7 Å². The van der Waals surface area contributed by atoms with Gasteiger partial charge in [0.1, 0.15) is 0 Å². The molecule has 0 atom stereocenters. The van der Waals surface area contributed by atoms with Gasteiger partial charge in [0.25, 0.3) is 0 Å². The molecule has 0 spiro atoms. The van der Waals surface area contributed by atoms with Gasteiger partial charge in [-0.1, -0.05) is 0 Å². The smallest absolute Gasteiger partial charge is 0.0867 e. The second kappa shape index (κ2) is 11.9. The molecule has 0 aromatic heterocycles. The van der Waals surface area contributed by atoms with Crippen molar-refractivity contribution in [1.29, 1.82) is 0 Å². The summed E-state index contributed by atoms with van der Waals surface area (Å²) in [5.41, 5.74) is 0. The van der Waals surface area contributed by atoms with Gasteiger partial charge in [0, 0.05) is 52.4 Å². The van der Waals surface area contributed by atoms with Crippen LogP contribution in [-0.4, -0.2) is 150 Å². The third-order valence-corrected chi connectivity index (χ3v) is 6.40. The van der Waals surface area contributed by atoms with E-state index < -0.39 is 0 Å². The van der Waals surface area contributed by atoms with Crippen molar-refractivity contribution in [1.82, 2.24) is 19.6 Å². The van der Waals surface area contributed by atoms with Crippen molar-refractivity contribution in [2.75, 3.05) is 118 Å². The number of morpholine rings is 4. The van der Waals surface area contributed by atoms with E-state index in [0.717, 1.165) is 118 Å². The van der Waals surface area contributed by atoms with Crippen molar-refractivity contribution in [2.45, 2.75) is 12.3 Å². The molecule has 0 saturated carbocycles. The topological polar surface area (TPSA) is 59.1 Å². The van der Waals surface area contributed by atoms with Crippen LogP contribution in [0.4, 0.5) is 0 Å². The van der Waals surface area contributed by atoms with Crippen LogP contribution < -0.4 is 0 Å². The first-order valence-corrected chi connectivity index (χ1v) is 11.3. The molecule has 0 aliphatic carbocycles. The fraction of sp³-hybridized carbons (Fsp3) is 1.00. The summed E-state index contributed by atoms with van der Waals surface area (Å²) >= 11 is 0. The molecule has 0 bridgehead atoms. The minimum atomic E-state index is 0.304. The first kappa shape index (κ1) is 21.9. The Morgan fingerprint density at radius 3 is 0.931 bits per heavy atom. The highest BCUT2D eigenvalue weighted by Gasteiger charge is 2.31. The highest BCUT2D eigenvalue weighted by atomic mass is 16.5.